The van der Waals surface area contributed by atoms with Gasteiger partial charge in [-0.05, 0) is 24.6 Å². The Morgan fingerprint density at radius 1 is 1.00 bits per heavy atom. The number of benzene rings is 2. The van der Waals surface area contributed by atoms with Crippen LogP contribution in [0.4, 0.5) is 0 Å². The highest BCUT2D eigenvalue weighted by molar-refractivity contribution is 6.33. The third kappa shape index (κ3) is 3.70. The largest absolute Gasteiger partial charge is 0.462 e. The number of hydrogen-bond donors (Lipinski definition) is 0. The molecular weight excluding hydrogens is 288 g/mol. The predicted molar refractivity (Wildman–Crippen MR) is 81.8 cm³/mol. The molecule has 3 nitrogen and oxygen atoms in total. The van der Waals surface area contributed by atoms with Gasteiger partial charge in [0.1, 0.15) is 5.38 Å². The topological polar surface area (TPSA) is 43.4 Å². The average Bonchev–Trinajstić information content (AvgIpc) is 2.54. The highest BCUT2D eigenvalue weighted by Crippen LogP contribution is 2.25. The fourth-order valence-electron chi connectivity index (χ4n) is 1.90. The minimum absolute atomic E-state index is 0.196. The van der Waals surface area contributed by atoms with Gasteiger partial charge in [0.15, 0.2) is 5.78 Å². The van der Waals surface area contributed by atoms with E-state index in [0.29, 0.717) is 17.7 Å². The molecular formula is C17H15ClO3. The number of carbonyl (C=O) groups is 2. The van der Waals surface area contributed by atoms with Crippen LogP contribution in [0.5, 0.6) is 0 Å². The van der Waals surface area contributed by atoms with E-state index in [9.17, 15) is 9.59 Å². The summed E-state index contributed by atoms with van der Waals surface area (Å²) >= 11 is 6.20. The van der Waals surface area contributed by atoms with Crippen LogP contribution in [0, 0.1) is 0 Å². The third-order valence-electron chi connectivity index (χ3n) is 3.00. The monoisotopic (exact) mass is 302 g/mol. The van der Waals surface area contributed by atoms with Crippen LogP contribution in [-0.2, 0) is 4.74 Å². The SMILES string of the molecule is CCOC(=O)c1ccc(C(=O)C(Cl)c2ccccc2)cc1. The van der Waals surface area contributed by atoms with Crippen LogP contribution in [0.1, 0.15) is 38.6 Å². The number of esters is 1. The van der Waals surface area contributed by atoms with Gasteiger partial charge < -0.3 is 4.74 Å². The van der Waals surface area contributed by atoms with E-state index < -0.39 is 11.3 Å². The summed E-state index contributed by atoms with van der Waals surface area (Å²) in [4.78, 5) is 23.9. The first kappa shape index (κ1) is 15.3. The molecule has 0 spiro atoms. The highest BCUT2D eigenvalue weighted by Gasteiger charge is 2.19. The molecule has 4 heteroatoms. The summed E-state index contributed by atoms with van der Waals surface area (Å²) in [5, 5.41) is -0.736. The van der Waals surface area contributed by atoms with Crippen LogP contribution in [-0.4, -0.2) is 18.4 Å². The van der Waals surface area contributed by atoms with Crippen molar-refractivity contribution in [2.75, 3.05) is 6.61 Å². The Hall–Kier alpha value is -2.13. The number of hydrogen-bond acceptors (Lipinski definition) is 3. The van der Waals surface area contributed by atoms with Crippen LogP contribution in [0.2, 0.25) is 0 Å². The molecule has 21 heavy (non-hydrogen) atoms. The first-order valence-electron chi connectivity index (χ1n) is 6.64. The van der Waals surface area contributed by atoms with Crippen molar-refractivity contribution in [2.45, 2.75) is 12.3 Å². The molecule has 0 aliphatic heterocycles. The van der Waals surface area contributed by atoms with Crippen molar-refractivity contribution in [3.8, 4) is 0 Å². The lowest BCUT2D eigenvalue weighted by molar-refractivity contribution is 0.0526. The lowest BCUT2D eigenvalue weighted by atomic mass is 10.0. The average molecular weight is 303 g/mol. The van der Waals surface area contributed by atoms with Crippen molar-refractivity contribution < 1.29 is 14.3 Å². The highest BCUT2D eigenvalue weighted by atomic mass is 35.5. The second-order valence-electron chi connectivity index (χ2n) is 4.44. The molecule has 0 N–H and O–H groups in total. The van der Waals surface area contributed by atoms with E-state index in [1.54, 1.807) is 31.2 Å². The van der Waals surface area contributed by atoms with Crippen molar-refractivity contribution in [3.05, 3.63) is 71.3 Å². The van der Waals surface area contributed by atoms with E-state index in [1.807, 2.05) is 30.3 Å². The van der Waals surface area contributed by atoms with Crippen LogP contribution in [0.3, 0.4) is 0 Å². The molecule has 1 atom stereocenters. The van der Waals surface area contributed by atoms with E-state index in [1.165, 1.54) is 0 Å². The Morgan fingerprint density at radius 3 is 2.14 bits per heavy atom. The maximum absolute atomic E-state index is 12.3. The van der Waals surface area contributed by atoms with Crippen LogP contribution in [0.25, 0.3) is 0 Å². The van der Waals surface area contributed by atoms with Crippen molar-refractivity contribution in [1.82, 2.24) is 0 Å². The molecule has 0 aromatic heterocycles. The number of rotatable bonds is 5. The van der Waals surface area contributed by atoms with E-state index in [-0.39, 0.29) is 5.78 Å². The molecule has 2 aromatic rings. The zero-order chi connectivity index (χ0) is 15.2. The predicted octanol–water partition coefficient (Wildman–Crippen LogP) is 4.03. The smallest absolute Gasteiger partial charge is 0.338 e. The van der Waals surface area contributed by atoms with Gasteiger partial charge in [-0.1, -0.05) is 42.5 Å². The molecule has 0 amide bonds. The minimum atomic E-state index is -0.736. The molecule has 2 rings (SSSR count). The Morgan fingerprint density at radius 2 is 1.57 bits per heavy atom. The van der Waals surface area contributed by atoms with Crippen molar-refractivity contribution in [2.24, 2.45) is 0 Å². The van der Waals surface area contributed by atoms with Crippen molar-refractivity contribution in [1.29, 1.82) is 0 Å². The summed E-state index contributed by atoms with van der Waals surface area (Å²) in [6.07, 6.45) is 0. The standard InChI is InChI=1S/C17H15ClO3/c1-2-21-17(20)14-10-8-13(9-11-14)16(19)15(18)12-6-4-3-5-7-12/h3-11,15H,2H2,1H3. The molecule has 108 valence electrons. The Bertz CT molecular complexity index is 620. The number of carbonyl (C=O) groups excluding carboxylic acids is 2. The van der Waals surface area contributed by atoms with Gasteiger partial charge in [0, 0.05) is 5.56 Å². The molecule has 0 aliphatic carbocycles. The molecule has 0 radical (unpaired) electrons. The normalized spacial score (nSPS) is 11.7. The summed E-state index contributed by atoms with van der Waals surface area (Å²) < 4.78 is 4.90. The zero-order valence-electron chi connectivity index (χ0n) is 11.6. The maximum atomic E-state index is 12.3. The fourth-order valence-corrected chi connectivity index (χ4v) is 2.18. The van der Waals surface area contributed by atoms with Gasteiger partial charge in [-0.3, -0.25) is 4.79 Å². The number of halogens is 1. The van der Waals surface area contributed by atoms with Gasteiger partial charge in [-0.25, -0.2) is 4.79 Å². The fraction of sp³-hybridized carbons (Fsp3) is 0.176. The third-order valence-corrected chi connectivity index (χ3v) is 3.45. The molecule has 0 saturated heterocycles. The number of Topliss-reactive ketones (excluding diaryl/α,β-unsaturated/α-hetero) is 1. The first-order chi connectivity index (χ1) is 10.1. The van der Waals surface area contributed by atoms with Gasteiger partial charge in [0.25, 0.3) is 0 Å². The molecule has 0 fully saturated rings. The summed E-state index contributed by atoms with van der Waals surface area (Å²) in [5.74, 6) is -0.597. The van der Waals surface area contributed by atoms with E-state index in [4.69, 9.17) is 16.3 Å². The first-order valence-corrected chi connectivity index (χ1v) is 7.07. The lowest BCUT2D eigenvalue weighted by Gasteiger charge is -2.09. The quantitative estimate of drug-likeness (QED) is 0.476. The molecule has 2 aromatic carbocycles. The van der Waals surface area contributed by atoms with Gasteiger partial charge in [0.05, 0.1) is 12.2 Å². The van der Waals surface area contributed by atoms with E-state index in [2.05, 4.69) is 0 Å². The Labute approximate surface area is 128 Å². The second kappa shape index (κ2) is 7.04. The maximum Gasteiger partial charge on any atom is 0.338 e. The number of ketones is 1. The summed E-state index contributed by atoms with van der Waals surface area (Å²) in [6.45, 7) is 2.06. The van der Waals surface area contributed by atoms with Crippen molar-refractivity contribution >= 4 is 23.4 Å². The van der Waals surface area contributed by atoms with Gasteiger partial charge >= 0.3 is 5.97 Å². The number of ether oxygens (including phenoxy) is 1. The van der Waals surface area contributed by atoms with Crippen LogP contribution >= 0.6 is 11.6 Å². The van der Waals surface area contributed by atoms with Crippen LogP contribution in [0.15, 0.2) is 54.6 Å². The summed E-state index contributed by atoms with van der Waals surface area (Å²) in [5.41, 5.74) is 1.63. The summed E-state index contributed by atoms with van der Waals surface area (Å²) in [6, 6.07) is 15.5. The van der Waals surface area contributed by atoms with E-state index >= 15 is 0 Å². The number of alkyl halides is 1. The Balaban J connectivity index is 2.15. The lowest BCUT2D eigenvalue weighted by Crippen LogP contribution is -2.09. The van der Waals surface area contributed by atoms with Gasteiger partial charge in [-0.15, -0.1) is 11.6 Å². The minimum Gasteiger partial charge on any atom is -0.462 e. The molecule has 0 aliphatic rings. The summed E-state index contributed by atoms with van der Waals surface area (Å²) in [7, 11) is 0. The van der Waals surface area contributed by atoms with Gasteiger partial charge in [-0.2, -0.15) is 0 Å². The molecule has 0 saturated carbocycles. The van der Waals surface area contributed by atoms with Gasteiger partial charge in [0.2, 0.25) is 0 Å². The Kier molecular flexibility index (Phi) is 5.12. The second-order valence-corrected chi connectivity index (χ2v) is 4.87. The molecule has 0 bridgehead atoms. The van der Waals surface area contributed by atoms with Crippen molar-refractivity contribution in [3.63, 3.8) is 0 Å². The zero-order valence-corrected chi connectivity index (χ0v) is 12.3. The molecule has 1 unspecified atom stereocenters. The van der Waals surface area contributed by atoms with E-state index in [0.717, 1.165) is 5.56 Å². The van der Waals surface area contributed by atoms with Crippen LogP contribution < -0.4 is 0 Å². The molecule has 0 heterocycles.